The van der Waals surface area contributed by atoms with Crippen LogP contribution in [-0.2, 0) is 27.9 Å². The number of benzene rings is 2. The number of carbonyl (C=O) groups excluding carboxylic acids is 1. The highest BCUT2D eigenvalue weighted by molar-refractivity contribution is 7.89. The van der Waals surface area contributed by atoms with Crippen molar-refractivity contribution in [1.29, 1.82) is 0 Å². The van der Waals surface area contributed by atoms with Gasteiger partial charge in [-0.2, -0.15) is 0 Å². The highest BCUT2D eigenvalue weighted by Crippen LogP contribution is 2.08. The first kappa shape index (κ1) is 19.1. The molecular formula is C19H24N2O3S. The number of aryl methyl sites for hydroxylation is 1. The van der Waals surface area contributed by atoms with Gasteiger partial charge in [-0.1, -0.05) is 60.2 Å². The van der Waals surface area contributed by atoms with Crippen molar-refractivity contribution < 1.29 is 13.2 Å². The molecular weight excluding hydrogens is 336 g/mol. The lowest BCUT2D eigenvalue weighted by molar-refractivity contribution is -0.120. The van der Waals surface area contributed by atoms with E-state index in [0.717, 1.165) is 16.7 Å². The zero-order chi connectivity index (χ0) is 18.3. The van der Waals surface area contributed by atoms with Gasteiger partial charge < -0.3 is 5.32 Å². The van der Waals surface area contributed by atoms with Crippen molar-refractivity contribution in [3.63, 3.8) is 0 Å². The van der Waals surface area contributed by atoms with E-state index in [1.807, 2.05) is 61.5 Å². The van der Waals surface area contributed by atoms with Gasteiger partial charge in [0.15, 0.2) is 0 Å². The number of amides is 1. The predicted molar refractivity (Wildman–Crippen MR) is 99.3 cm³/mol. The van der Waals surface area contributed by atoms with Crippen LogP contribution in [0, 0.1) is 6.92 Å². The van der Waals surface area contributed by atoms with Crippen LogP contribution in [0.3, 0.4) is 0 Å². The maximum absolute atomic E-state index is 12.3. The normalized spacial score (nSPS) is 11.5. The van der Waals surface area contributed by atoms with Gasteiger partial charge in [-0.05, 0) is 18.1 Å². The number of nitrogens with zero attached hydrogens (tertiary/aromatic N) is 1. The van der Waals surface area contributed by atoms with Gasteiger partial charge in [0, 0.05) is 26.6 Å². The second-order valence-corrected chi connectivity index (χ2v) is 8.27. The third kappa shape index (κ3) is 6.32. The van der Waals surface area contributed by atoms with Crippen molar-refractivity contribution in [3.8, 4) is 0 Å². The first-order valence-electron chi connectivity index (χ1n) is 8.17. The summed E-state index contributed by atoms with van der Waals surface area (Å²) in [5.74, 6) is -0.465. The Bertz CT molecular complexity index is 787. The molecule has 0 saturated heterocycles. The van der Waals surface area contributed by atoms with Crippen LogP contribution in [0.5, 0.6) is 0 Å². The minimum absolute atomic E-state index is 0.0483. The fourth-order valence-corrected chi connectivity index (χ4v) is 3.41. The first-order chi connectivity index (χ1) is 11.9. The molecule has 0 aromatic heterocycles. The van der Waals surface area contributed by atoms with Crippen molar-refractivity contribution in [1.82, 2.24) is 9.62 Å². The maximum atomic E-state index is 12.3. The third-order valence-electron chi connectivity index (χ3n) is 3.92. The fourth-order valence-electron chi connectivity index (χ4n) is 2.31. The van der Waals surface area contributed by atoms with Gasteiger partial charge in [0.1, 0.15) is 0 Å². The van der Waals surface area contributed by atoms with Gasteiger partial charge in [0.05, 0.1) is 5.75 Å². The summed E-state index contributed by atoms with van der Waals surface area (Å²) in [5.41, 5.74) is 3.06. The fraction of sp³-hybridized carbons (Fsp3) is 0.316. The summed E-state index contributed by atoms with van der Waals surface area (Å²) in [6, 6.07) is 17.2. The zero-order valence-corrected chi connectivity index (χ0v) is 15.4. The summed E-state index contributed by atoms with van der Waals surface area (Å²) >= 11 is 0. The molecule has 0 aliphatic rings. The number of hydrogen-bond donors (Lipinski definition) is 1. The van der Waals surface area contributed by atoms with Crippen LogP contribution >= 0.6 is 0 Å². The van der Waals surface area contributed by atoms with E-state index in [0.29, 0.717) is 13.1 Å². The Morgan fingerprint density at radius 1 is 1.00 bits per heavy atom. The van der Waals surface area contributed by atoms with Crippen molar-refractivity contribution in [3.05, 3.63) is 71.3 Å². The molecule has 2 aromatic carbocycles. The minimum Gasteiger partial charge on any atom is -0.352 e. The molecule has 134 valence electrons. The van der Waals surface area contributed by atoms with E-state index in [2.05, 4.69) is 5.32 Å². The Kier molecular flexibility index (Phi) is 6.73. The van der Waals surface area contributed by atoms with Gasteiger partial charge in [0.2, 0.25) is 15.9 Å². The molecule has 0 saturated carbocycles. The standard InChI is InChI=1S/C19H24N2O3S/c1-16-8-10-17(11-9-16)14-20-19(22)12-13-25(23,24)21(2)15-18-6-4-3-5-7-18/h3-11H,12-15H2,1-2H3,(H,20,22). The average Bonchev–Trinajstić information content (AvgIpc) is 2.60. The van der Waals surface area contributed by atoms with Crippen LogP contribution in [0.1, 0.15) is 23.1 Å². The van der Waals surface area contributed by atoms with Gasteiger partial charge >= 0.3 is 0 Å². The number of carbonyl (C=O) groups is 1. The van der Waals surface area contributed by atoms with E-state index in [9.17, 15) is 13.2 Å². The summed E-state index contributed by atoms with van der Waals surface area (Å²) in [4.78, 5) is 11.9. The van der Waals surface area contributed by atoms with E-state index < -0.39 is 10.0 Å². The Morgan fingerprint density at radius 3 is 2.28 bits per heavy atom. The zero-order valence-electron chi connectivity index (χ0n) is 14.6. The lowest BCUT2D eigenvalue weighted by Crippen LogP contribution is -2.32. The molecule has 1 N–H and O–H groups in total. The first-order valence-corrected chi connectivity index (χ1v) is 9.78. The van der Waals surface area contributed by atoms with Gasteiger partial charge in [-0.25, -0.2) is 12.7 Å². The monoisotopic (exact) mass is 360 g/mol. The Morgan fingerprint density at radius 2 is 1.64 bits per heavy atom. The molecule has 0 aliphatic heterocycles. The second-order valence-electron chi connectivity index (χ2n) is 6.07. The highest BCUT2D eigenvalue weighted by Gasteiger charge is 2.19. The number of hydrogen-bond acceptors (Lipinski definition) is 3. The SMILES string of the molecule is Cc1ccc(CNC(=O)CCS(=O)(=O)N(C)Cc2ccccc2)cc1. The molecule has 25 heavy (non-hydrogen) atoms. The average molecular weight is 360 g/mol. The van der Waals surface area contributed by atoms with Crippen LogP contribution < -0.4 is 5.32 Å². The number of rotatable bonds is 8. The molecule has 0 bridgehead atoms. The quantitative estimate of drug-likeness (QED) is 0.786. The van der Waals surface area contributed by atoms with Crippen molar-refractivity contribution >= 4 is 15.9 Å². The van der Waals surface area contributed by atoms with E-state index in [1.165, 1.54) is 11.4 Å². The van der Waals surface area contributed by atoms with Gasteiger partial charge in [-0.15, -0.1) is 0 Å². The van der Waals surface area contributed by atoms with Gasteiger partial charge in [-0.3, -0.25) is 4.79 Å². The molecule has 0 aliphatic carbocycles. The lowest BCUT2D eigenvalue weighted by atomic mass is 10.1. The van der Waals surface area contributed by atoms with E-state index >= 15 is 0 Å². The van der Waals surface area contributed by atoms with Crippen molar-refractivity contribution in [2.45, 2.75) is 26.4 Å². The Balaban J connectivity index is 1.80. The molecule has 2 aromatic rings. The predicted octanol–water partition coefficient (Wildman–Crippen LogP) is 2.46. The summed E-state index contributed by atoms with van der Waals surface area (Å²) in [7, 11) is -1.94. The molecule has 0 unspecified atom stereocenters. The molecule has 5 nitrogen and oxygen atoms in total. The second kappa shape index (κ2) is 8.78. The Labute approximate surface area is 149 Å². The van der Waals surface area contributed by atoms with E-state index in [1.54, 1.807) is 0 Å². The largest absolute Gasteiger partial charge is 0.352 e. The number of nitrogens with one attached hydrogen (secondary N) is 1. The van der Waals surface area contributed by atoms with Crippen molar-refractivity contribution in [2.24, 2.45) is 0 Å². The Hall–Kier alpha value is -2.18. The lowest BCUT2D eigenvalue weighted by Gasteiger charge is -2.17. The molecule has 2 rings (SSSR count). The molecule has 0 radical (unpaired) electrons. The third-order valence-corrected chi connectivity index (χ3v) is 5.72. The summed E-state index contributed by atoms with van der Waals surface area (Å²) in [5, 5.41) is 2.76. The van der Waals surface area contributed by atoms with Crippen LogP contribution in [0.4, 0.5) is 0 Å². The minimum atomic E-state index is -3.47. The van der Waals surface area contributed by atoms with Crippen LogP contribution in [0.15, 0.2) is 54.6 Å². The summed E-state index contributed by atoms with van der Waals surface area (Å²) in [6.07, 6.45) is -0.0483. The van der Waals surface area contributed by atoms with Crippen LogP contribution in [0.25, 0.3) is 0 Å². The number of sulfonamides is 1. The molecule has 0 fully saturated rings. The summed E-state index contributed by atoms with van der Waals surface area (Å²) in [6.45, 7) is 2.70. The van der Waals surface area contributed by atoms with E-state index in [4.69, 9.17) is 0 Å². The van der Waals surface area contributed by atoms with Crippen LogP contribution in [0.2, 0.25) is 0 Å². The molecule has 1 amide bonds. The topological polar surface area (TPSA) is 66.5 Å². The molecule has 0 spiro atoms. The van der Waals surface area contributed by atoms with E-state index in [-0.39, 0.29) is 18.1 Å². The van der Waals surface area contributed by atoms with Crippen LogP contribution in [-0.4, -0.2) is 31.4 Å². The smallest absolute Gasteiger partial charge is 0.221 e. The summed E-state index contributed by atoms with van der Waals surface area (Å²) < 4.78 is 25.9. The highest BCUT2D eigenvalue weighted by atomic mass is 32.2. The van der Waals surface area contributed by atoms with Crippen molar-refractivity contribution in [2.75, 3.05) is 12.8 Å². The molecule has 6 heteroatoms. The molecule has 0 atom stereocenters. The maximum Gasteiger partial charge on any atom is 0.221 e. The molecule has 0 heterocycles. The van der Waals surface area contributed by atoms with Gasteiger partial charge in [0.25, 0.3) is 0 Å².